The number of hydrogen-bond acceptors (Lipinski definition) is 3. The zero-order chi connectivity index (χ0) is 15.0. The summed E-state index contributed by atoms with van der Waals surface area (Å²) in [4.78, 5) is 25.5. The van der Waals surface area contributed by atoms with Crippen LogP contribution in [-0.4, -0.2) is 47.6 Å². The van der Waals surface area contributed by atoms with Crippen molar-refractivity contribution in [2.24, 2.45) is 5.92 Å². The second-order valence-corrected chi connectivity index (χ2v) is 5.47. The van der Waals surface area contributed by atoms with Gasteiger partial charge in [0.1, 0.15) is 0 Å². The lowest BCUT2D eigenvalue weighted by atomic mass is 9.85. The van der Waals surface area contributed by atoms with E-state index >= 15 is 0 Å². The Bertz CT molecular complexity index is 316. The highest BCUT2D eigenvalue weighted by Crippen LogP contribution is 2.24. The predicted molar refractivity (Wildman–Crippen MR) is 78.1 cm³/mol. The highest BCUT2D eigenvalue weighted by Gasteiger charge is 2.25. The van der Waals surface area contributed by atoms with Crippen molar-refractivity contribution in [1.82, 2.24) is 10.2 Å². The van der Waals surface area contributed by atoms with Gasteiger partial charge in [-0.15, -0.1) is 0 Å². The van der Waals surface area contributed by atoms with Gasteiger partial charge >= 0.3 is 0 Å². The van der Waals surface area contributed by atoms with E-state index in [0.717, 1.165) is 25.7 Å². The van der Waals surface area contributed by atoms with Gasteiger partial charge in [-0.1, -0.05) is 12.8 Å². The molecule has 0 aliphatic heterocycles. The molecule has 1 aliphatic carbocycles. The Morgan fingerprint density at radius 2 is 1.80 bits per heavy atom. The first-order valence-corrected chi connectivity index (χ1v) is 7.80. The molecule has 0 spiro atoms. The highest BCUT2D eigenvalue weighted by atomic mass is 16.3. The molecule has 0 heterocycles. The molecule has 20 heavy (non-hydrogen) atoms. The largest absolute Gasteiger partial charge is 0.396 e. The fourth-order valence-electron chi connectivity index (χ4n) is 2.85. The maximum absolute atomic E-state index is 11.9. The van der Waals surface area contributed by atoms with Gasteiger partial charge in [-0.3, -0.25) is 9.59 Å². The number of nitrogens with zero attached hydrogens (tertiary/aromatic N) is 1. The first-order valence-electron chi connectivity index (χ1n) is 7.80. The van der Waals surface area contributed by atoms with Crippen LogP contribution >= 0.6 is 0 Å². The molecule has 2 unspecified atom stereocenters. The van der Waals surface area contributed by atoms with Crippen LogP contribution in [0.4, 0.5) is 0 Å². The van der Waals surface area contributed by atoms with Crippen molar-refractivity contribution < 1.29 is 14.7 Å². The number of hydrogen-bond donors (Lipinski definition) is 2. The van der Waals surface area contributed by atoms with Gasteiger partial charge in [0.15, 0.2) is 0 Å². The Balaban J connectivity index is 2.34. The molecule has 0 aromatic carbocycles. The van der Waals surface area contributed by atoms with Crippen molar-refractivity contribution in [2.45, 2.75) is 58.4 Å². The third kappa shape index (κ3) is 5.12. The van der Waals surface area contributed by atoms with Gasteiger partial charge in [-0.05, 0) is 26.7 Å². The van der Waals surface area contributed by atoms with E-state index in [4.69, 9.17) is 0 Å². The molecule has 116 valence electrons. The van der Waals surface area contributed by atoms with E-state index in [9.17, 15) is 14.7 Å². The van der Waals surface area contributed by atoms with E-state index < -0.39 is 0 Å². The molecule has 2 atom stereocenters. The molecule has 1 aliphatic rings. The molecule has 1 fully saturated rings. The van der Waals surface area contributed by atoms with Crippen LogP contribution in [0.25, 0.3) is 0 Å². The van der Waals surface area contributed by atoms with E-state index in [1.54, 1.807) is 4.90 Å². The van der Waals surface area contributed by atoms with Gasteiger partial charge in [0, 0.05) is 44.5 Å². The maximum Gasteiger partial charge on any atom is 0.223 e. The lowest BCUT2D eigenvalue weighted by Crippen LogP contribution is -2.43. The van der Waals surface area contributed by atoms with Gasteiger partial charge in [0.2, 0.25) is 11.8 Å². The molecule has 5 nitrogen and oxygen atoms in total. The molecule has 5 heteroatoms. The van der Waals surface area contributed by atoms with Crippen molar-refractivity contribution in [2.75, 3.05) is 19.7 Å². The average molecular weight is 284 g/mol. The number of nitrogens with one attached hydrogen (secondary N) is 1. The van der Waals surface area contributed by atoms with E-state index in [-0.39, 0.29) is 43.2 Å². The minimum Gasteiger partial charge on any atom is -0.396 e. The molecular formula is C15H28N2O3. The molecule has 0 aromatic heterocycles. The Morgan fingerprint density at radius 3 is 2.40 bits per heavy atom. The molecule has 2 N–H and O–H groups in total. The van der Waals surface area contributed by atoms with Gasteiger partial charge in [0.25, 0.3) is 0 Å². The number of aliphatic hydroxyl groups excluding tert-OH is 1. The van der Waals surface area contributed by atoms with Crippen LogP contribution < -0.4 is 5.32 Å². The lowest BCUT2D eigenvalue weighted by molar-refractivity contribution is -0.133. The molecule has 0 aromatic rings. The van der Waals surface area contributed by atoms with Crippen LogP contribution in [0, 0.1) is 5.92 Å². The summed E-state index contributed by atoms with van der Waals surface area (Å²) in [6.45, 7) is 5.38. The summed E-state index contributed by atoms with van der Waals surface area (Å²) in [5.74, 6) is 0.134. The zero-order valence-corrected chi connectivity index (χ0v) is 12.7. The van der Waals surface area contributed by atoms with E-state index in [0.29, 0.717) is 13.1 Å². The third-order valence-electron chi connectivity index (χ3n) is 4.17. The Hall–Kier alpha value is -1.10. The average Bonchev–Trinajstić information content (AvgIpc) is 2.47. The van der Waals surface area contributed by atoms with Crippen LogP contribution in [-0.2, 0) is 9.59 Å². The standard InChI is InChI=1S/C15H28N2O3/c1-3-17(4-2)15(20)10-9-14(19)16-13-8-6-5-7-12(13)11-18/h12-13,18H,3-11H2,1-2H3,(H,16,19). The Morgan fingerprint density at radius 1 is 1.15 bits per heavy atom. The molecule has 0 radical (unpaired) electrons. The predicted octanol–water partition coefficient (Wildman–Crippen LogP) is 1.30. The number of amides is 2. The van der Waals surface area contributed by atoms with Crippen LogP contribution in [0.2, 0.25) is 0 Å². The molecule has 0 bridgehead atoms. The van der Waals surface area contributed by atoms with Crippen molar-refractivity contribution in [1.29, 1.82) is 0 Å². The van der Waals surface area contributed by atoms with Gasteiger partial charge < -0.3 is 15.3 Å². The topological polar surface area (TPSA) is 69.6 Å². The summed E-state index contributed by atoms with van der Waals surface area (Å²) in [6.07, 6.45) is 4.63. The monoisotopic (exact) mass is 284 g/mol. The van der Waals surface area contributed by atoms with Gasteiger partial charge in [-0.25, -0.2) is 0 Å². The first-order chi connectivity index (χ1) is 9.62. The van der Waals surface area contributed by atoms with Crippen LogP contribution in [0.1, 0.15) is 52.4 Å². The van der Waals surface area contributed by atoms with Gasteiger partial charge in [-0.2, -0.15) is 0 Å². The lowest BCUT2D eigenvalue weighted by Gasteiger charge is -2.31. The summed E-state index contributed by atoms with van der Waals surface area (Å²) < 4.78 is 0. The maximum atomic E-state index is 11.9. The van der Waals surface area contributed by atoms with Crippen LogP contribution in [0.15, 0.2) is 0 Å². The third-order valence-corrected chi connectivity index (χ3v) is 4.17. The van der Waals surface area contributed by atoms with E-state index in [2.05, 4.69) is 5.32 Å². The number of aliphatic hydroxyl groups is 1. The highest BCUT2D eigenvalue weighted by molar-refractivity contribution is 5.83. The molecule has 0 saturated heterocycles. The summed E-state index contributed by atoms with van der Waals surface area (Å²) in [6, 6.07) is 0.0739. The minimum absolute atomic E-state index is 0.0347. The van der Waals surface area contributed by atoms with Crippen LogP contribution in [0.3, 0.4) is 0 Å². The van der Waals surface area contributed by atoms with Crippen molar-refractivity contribution in [3.8, 4) is 0 Å². The molecule has 1 saturated carbocycles. The van der Waals surface area contributed by atoms with Crippen LogP contribution in [0.5, 0.6) is 0 Å². The number of carbonyl (C=O) groups excluding carboxylic acids is 2. The van der Waals surface area contributed by atoms with Crippen molar-refractivity contribution in [3.63, 3.8) is 0 Å². The summed E-state index contributed by atoms with van der Waals surface area (Å²) in [5.41, 5.74) is 0. The Kier molecular flexibility index (Phi) is 7.59. The fourth-order valence-corrected chi connectivity index (χ4v) is 2.85. The fraction of sp³-hybridized carbons (Fsp3) is 0.867. The van der Waals surface area contributed by atoms with E-state index in [1.165, 1.54) is 0 Å². The second kappa shape index (κ2) is 8.95. The number of rotatable bonds is 7. The van der Waals surface area contributed by atoms with E-state index in [1.807, 2.05) is 13.8 Å². The second-order valence-electron chi connectivity index (χ2n) is 5.47. The van der Waals surface area contributed by atoms with Crippen molar-refractivity contribution >= 4 is 11.8 Å². The summed E-state index contributed by atoms with van der Waals surface area (Å²) in [7, 11) is 0. The molecule has 1 rings (SSSR count). The first kappa shape index (κ1) is 17.0. The number of carbonyl (C=O) groups is 2. The minimum atomic E-state index is -0.0733. The summed E-state index contributed by atoms with van der Waals surface area (Å²) >= 11 is 0. The SMILES string of the molecule is CCN(CC)C(=O)CCC(=O)NC1CCCCC1CO. The molecular weight excluding hydrogens is 256 g/mol. The quantitative estimate of drug-likeness (QED) is 0.740. The molecule has 2 amide bonds. The normalized spacial score (nSPS) is 22.4. The summed E-state index contributed by atoms with van der Waals surface area (Å²) in [5, 5.41) is 12.3. The van der Waals surface area contributed by atoms with Crippen molar-refractivity contribution in [3.05, 3.63) is 0 Å². The zero-order valence-electron chi connectivity index (χ0n) is 12.7. The van der Waals surface area contributed by atoms with Gasteiger partial charge in [0.05, 0.1) is 0 Å². The smallest absolute Gasteiger partial charge is 0.223 e. The Labute approximate surface area is 121 Å².